The molecule has 4 heteroatoms. The summed E-state index contributed by atoms with van der Waals surface area (Å²) in [7, 11) is 0. The van der Waals surface area contributed by atoms with Gasteiger partial charge in [0.1, 0.15) is 11.5 Å². The highest BCUT2D eigenvalue weighted by molar-refractivity contribution is 6.12. The average Bonchev–Trinajstić information content (AvgIpc) is 3.01. The second kappa shape index (κ2) is 5.15. The van der Waals surface area contributed by atoms with E-state index in [9.17, 15) is 9.59 Å². The van der Waals surface area contributed by atoms with Gasteiger partial charge < -0.3 is 4.52 Å². The Morgan fingerprint density at radius 3 is 2.83 bits per heavy atom. The maximum atomic E-state index is 13.2. The van der Waals surface area contributed by atoms with Crippen molar-refractivity contribution in [2.24, 2.45) is 17.3 Å². The van der Waals surface area contributed by atoms with E-state index in [2.05, 4.69) is 5.16 Å². The Balaban J connectivity index is 1.65. The topological polar surface area (TPSA) is 60.2 Å². The first-order valence-electron chi connectivity index (χ1n) is 8.15. The van der Waals surface area contributed by atoms with E-state index in [-0.39, 0.29) is 17.5 Å². The number of Topliss-reactive ketones (excluding diaryl/α,β-unsaturated/α-hetero) is 2. The SMILES string of the molecule is C[C@@]12Cc3cnoc3C[C@H]1CCC(C(=O)c1ccccc1)C2=O. The zero-order valence-electron chi connectivity index (χ0n) is 13.1. The molecule has 3 atom stereocenters. The van der Waals surface area contributed by atoms with Crippen LogP contribution in [0.5, 0.6) is 0 Å². The molecule has 1 saturated carbocycles. The van der Waals surface area contributed by atoms with Crippen molar-refractivity contribution in [3.05, 3.63) is 53.4 Å². The third-order valence-corrected chi connectivity index (χ3v) is 5.68. The van der Waals surface area contributed by atoms with Crippen molar-refractivity contribution < 1.29 is 14.1 Å². The van der Waals surface area contributed by atoms with Crippen molar-refractivity contribution in [1.29, 1.82) is 0 Å². The molecule has 4 rings (SSSR count). The highest BCUT2D eigenvalue weighted by Gasteiger charge is 2.52. The van der Waals surface area contributed by atoms with E-state index in [0.717, 1.165) is 24.2 Å². The van der Waals surface area contributed by atoms with Crippen LogP contribution in [0, 0.1) is 17.3 Å². The van der Waals surface area contributed by atoms with Crippen LogP contribution in [-0.2, 0) is 17.6 Å². The van der Waals surface area contributed by atoms with Gasteiger partial charge in [-0.1, -0.05) is 42.4 Å². The van der Waals surface area contributed by atoms with Crippen LogP contribution in [0.2, 0.25) is 0 Å². The molecule has 2 aromatic rings. The Morgan fingerprint density at radius 2 is 2.04 bits per heavy atom. The number of benzene rings is 1. The van der Waals surface area contributed by atoms with Gasteiger partial charge in [-0.05, 0) is 25.2 Å². The molecule has 4 nitrogen and oxygen atoms in total. The molecule has 0 N–H and O–H groups in total. The molecule has 0 bridgehead atoms. The normalized spacial score (nSPS) is 29.7. The van der Waals surface area contributed by atoms with E-state index in [1.165, 1.54) is 0 Å². The van der Waals surface area contributed by atoms with Crippen molar-refractivity contribution in [2.75, 3.05) is 0 Å². The largest absolute Gasteiger partial charge is 0.361 e. The molecule has 1 heterocycles. The molecule has 1 fully saturated rings. The van der Waals surface area contributed by atoms with E-state index < -0.39 is 11.3 Å². The van der Waals surface area contributed by atoms with Crippen LogP contribution >= 0.6 is 0 Å². The van der Waals surface area contributed by atoms with E-state index in [1.807, 2.05) is 25.1 Å². The standard InChI is InChI=1S/C19H19NO3/c1-19-10-13-11-20-23-16(13)9-14(19)7-8-15(18(19)22)17(21)12-5-3-2-4-6-12/h2-6,11,14-15H,7-10H2,1H3/t14-,15?,19-/m1/s1. The van der Waals surface area contributed by atoms with Crippen LogP contribution in [0.25, 0.3) is 0 Å². The molecular weight excluding hydrogens is 290 g/mol. The molecule has 0 radical (unpaired) electrons. The van der Waals surface area contributed by atoms with Crippen LogP contribution in [0.15, 0.2) is 41.1 Å². The molecule has 118 valence electrons. The first kappa shape index (κ1) is 14.4. The van der Waals surface area contributed by atoms with Gasteiger partial charge in [0, 0.05) is 23.0 Å². The summed E-state index contributed by atoms with van der Waals surface area (Å²) in [5.74, 6) is 0.698. The molecule has 0 saturated heterocycles. The van der Waals surface area contributed by atoms with Gasteiger partial charge in [0.2, 0.25) is 0 Å². The summed E-state index contributed by atoms with van der Waals surface area (Å²) in [6.45, 7) is 2.01. The quantitative estimate of drug-likeness (QED) is 0.631. The molecule has 0 spiro atoms. The van der Waals surface area contributed by atoms with E-state index >= 15 is 0 Å². The molecular formula is C19H19NO3. The summed E-state index contributed by atoms with van der Waals surface area (Å²) in [4.78, 5) is 25.9. The third-order valence-electron chi connectivity index (χ3n) is 5.68. The first-order chi connectivity index (χ1) is 11.1. The zero-order chi connectivity index (χ0) is 16.0. The third kappa shape index (κ3) is 2.16. The number of hydrogen-bond acceptors (Lipinski definition) is 4. The Hall–Kier alpha value is -2.23. The molecule has 0 amide bonds. The van der Waals surface area contributed by atoms with E-state index in [4.69, 9.17) is 4.52 Å². The molecule has 2 aliphatic rings. The van der Waals surface area contributed by atoms with Crippen molar-refractivity contribution in [3.63, 3.8) is 0 Å². The minimum absolute atomic E-state index is 0.0357. The predicted molar refractivity (Wildman–Crippen MR) is 84.0 cm³/mol. The fourth-order valence-corrected chi connectivity index (χ4v) is 4.25. The van der Waals surface area contributed by atoms with Gasteiger partial charge in [-0.3, -0.25) is 9.59 Å². The summed E-state index contributed by atoms with van der Waals surface area (Å²) < 4.78 is 5.30. The molecule has 0 aliphatic heterocycles. The van der Waals surface area contributed by atoms with Crippen LogP contribution in [0.3, 0.4) is 0 Å². The number of nitrogens with zero attached hydrogens (tertiary/aromatic N) is 1. The van der Waals surface area contributed by atoms with Crippen LogP contribution in [-0.4, -0.2) is 16.7 Å². The minimum Gasteiger partial charge on any atom is -0.361 e. The van der Waals surface area contributed by atoms with Crippen LogP contribution in [0.4, 0.5) is 0 Å². The number of carbonyl (C=O) groups excluding carboxylic acids is 2. The summed E-state index contributed by atoms with van der Waals surface area (Å²) in [6.07, 6.45) is 4.62. The predicted octanol–water partition coefficient (Wildman–Crippen LogP) is 3.26. The van der Waals surface area contributed by atoms with Crippen LogP contribution in [0.1, 0.15) is 41.4 Å². The van der Waals surface area contributed by atoms with Gasteiger partial charge in [-0.15, -0.1) is 0 Å². The number of aromatic nitrogens is 1. The lowest BCUT2D eigenvalue weighted by molar-refractivity contribution is -0.138. The Kier molecular flexibility index (Phi) is 3.22. The lowest BCUT2D eigenvalue weighted by Gasteiger charge is -2.45. The van der Waals surface area contributed by atoms with E-state index in [1.54, 1.807) is 18.3 Å². The lowest BCUT2D eigenvalue weighted by Crippen LogP contribution is -2.50. The highest BCUT2D eigenvalue weighted by atomic mass is 16.5. The fraction of sp³-hybridized carbons (Fsp3) is 0.421. The van der Waals surface area contributed by atoms with Gasteiger partial charge in [0.25, 0.3) is 0 Å². The van der Waals surface area contributed by atoms with Gasteiger partial charge in [0.15, 0.2) is 5.78 Å². The molecule has 23 heavy (non-hydrogen) atoms. The molecule has 1 unspecified atom stereocenters. The van der Waals surface area contributed by atoms with Crippen LogP contribution < -0.4 is 0 Å². The van der Waals surface area contributed by atoms with Crippen molar-refractivity contribution in [1.82, 2.24) is 5.16 Å². The minimum atomic E-state index is -0.514. The number of rotatable bonds is 2. The summed E-state index contributed by atoms with van der Waals surface area (Å²) in [5, 5.41) is 3.87. The Bertz CT molecular complexity index is 764. The van der Waals surface area contributed by atoms with Gasteiger partial charge >= 0.3 is 0 Å². The fourth-order valence-electron chi connectivity index (χ4n) is 4.25. The molecule has 1 aromatic carbocycles. The average molecular weight is 309 g/mol. The summed E-state index contributed by atoms with van der Waals surface area (Å²) >= 11 is 0. The number of fused-ring (bicyclic) bond motifs is 2. The van der Waals surface area contributed by atoms with Crippen molar-refractivity contribution >= 4 is 11.6 Å². The van der Waals surface area contributed by atoms with Gasteiger partial charge in [0.05, 0.1) is 12.1 Å². The second-order valence-electron chi connectivity index (χ2n) is 6.99. The number of hydrogen-bond donors (Lipinski definition) is 0. The van der Waals surface area contributed by atoms with E-state index in [0.29, 0.717) is 18.4 Å². The highest BCUT2D eigenvalue weighted by Crippen LogP contribution is 2.48. The summed E-state index contributed by atoms with van der Waals surface area (Å²) in [6, 6.07) is 9.15. The zero-order valence-corrected chi connectivity index (χ0v) is 13.1. The Morgan fingerprint density at radius 1 is 1.26 bits per heavy atom. The van der Waals surface area contributed by atoms with Gasteiger partial charge in [-0.25, -0.2) is 0 Å². The maximum Gasteiger partial charge on any atom is 0.173 e. The van der Waals surface area contributed by atoms with Crippen molar-refractivity contribution in [2.45, 2.75) is 32.6 Å². The van der Waals surface area contributed by atoms with Crippen molar-refractivity contribution in [3.8, 4) is 0 Å². The second-order valence-corrected chi connectivity index (χ2v) is 6.99. The monoisotopic (exact) mass is 309 g/mol. The molecule has 2 aliphatic carbocycles. The Labute approximate surface area is 134 Å². The smallest absolute Gasteiger partial charge is 0.173 e. The lowest BCUT2D eigenvalue weighted by atomic mass is 9.56. The summed E-state index contributed by atoms with van der Waals surface area (Å²) in [5.41, 5.74) is 1.17. The first-order valence-corrected chi connectivity index (χ1v) is 8.15. The number of ketones is 2. The number of carbonyl (C=O) groups is 2. The molecule has 1 aromatic heterocycles. The van der Waals surface area contributed by atoms with Gasteiger partial charge in [-0.2, -0.15) is 0 Å². The maximum absolute atomic E-state index is 13.2.